The molecule has 0 saturated carbocycles. The van der Waals surface area contributed by atoms with Crippen molar-refractivity contribution < 1.29 is 13.9 Å². The number of ether oxygens (including phenoxy) is 2. The Hall–Kier alpha value is -1.95. The molecule has 0 spiro atoms. The maximum Gasteiger partial charge on any atom is 0.167 e. The van der Waals surface area contributed by atoms with Crippen LogP contribution in [0.4, 0.5) is 10.1 Å². The molecule has 146 valence electrons. The van der Waals surface area contributed by atoms with E-state index < -0.39 is 0 Å². The number of nitrogens with one attached hydrogen (secondary N) is 1. The van der Waals surface area contributed by atoms with Gasteiger partial charge in [-0.05, 0) is 48.5 Å². The highest BCUT2D eigenvalue weighted by molar-refractivity contribution is 9.10. The Morgan fingerprint density at radius 3 is 2.46 bits per heavy atom. The van der Waals surface area contributed by atoms with Crippen molar-refractivity contribution in [1.82, 2.24) is 0 Å². The molecule has 0 atom stereocenters. The number of hydrogen-bond donors (Lipinski definition) is 1. The molecule has 0 fully saturated rings. The first-order valence-electron chi connectivity index (χ1n) is 8.39. The average molecular weight is 485 g/mol. The number of halogens is 4. The first kappa shape index (κ1) is 20.8. The van der Waals surface area contributed by atoms with Crippen molar-refractivity contribution in [3.05, 3.63) is 86.1 Å². The predicted molar refractivity (Wildman–Crippen MR) is 115 cm³/mol. The van der Waals surface area contributed by atoms with E-state index in [0.29, 0.717) is 33.7 Å². The molecular formula is C21H17BrCl2FNO2. The van der Waals surface area contributed by atoms with Gasteiger partial charge in [0, 0.05) is 32.9 Å². The smallest absolute Gasteiger partial charge is 0.167 e. The van der Waals surface area contributed by atoms with Gasteiger partial charge in [0.15, 0.2) is 11.5 Å². The van der Waals surface area contributed by atoms with Crippen molar-refractivity contribution in [3.8, 4) is 11.5 Å². The van der Waals surface area contributed by atoms with Gasteiger partial charge in [0.2, 0.25) is 0 Å². The highest BCUT2D eigenvalue weighted by Gasteiger charge is 2.16. The summed E-state index contributed by atoms with van der Waals surface area (Å²) in [7, 11) is 1.58. The highest BCUT2D eigenvalue weighted by atomic mass is 79.9. The van der Waals surface area contributed by atoms with E-state index in [9.17, 15) is 4.39 Å². The van der Waals surface area contributed by atoms with Crippen molar-refractivity contribution in [2.75, 3.05) is 12.4 Å². The summed E-state index contributed by atoms with van der Waals surface area (Å²) >= 11 is 15.6. The highest BCUT2D eigenvalue weighted by Crippen LogP contribution is 2.37. The predicted octanol–water partition coefficient (Wildman–Crippen LogP) is 7.09. The Kier molecular flexibility index (Phi) is 7.05. The molecule has 0 amide bonds. The summed E-state index contributed by atoms with van der Waals surface area (Å²) in [4.78, 5) is 0. The zero-order valence-corrected chi connectivity index (χ0v) is 18.0. The lowest BCUT2D eigenvalue weighted by Crippen LogP contribution is -2.06. The number of anilines is 1. The molecule has 0 bridgehead atoms. The molecule has 3 nitrogen and oxygen atoms in total. The Bertz CT molecular complexity index is 967. The van der Waals surface area contributed by atoms with Gasteiger partial charge in [-0.15, -0.1) is 0 Å². The van der Waals surface area contributed by atoms with Crippen molar-refractivity contribution in [2.24, 2.45) is 0 Å². The number of benzene rings is 3. The third-order valence-corrected chi connectivity index (χ3v) is 5.43. The monoisotopic (exact) mass is 483 g/mol. The molecule has 0 aliphatic rings. The maximum absolute atomic E-state index is 13.3. The van der Waals surface area contributed by atoms with Crippen molar-refractivity contribution in [2.45, 2.75) is 13.2 Å². The van der Waals surface area contributed by atoms with Crippen LogP contribution in [0.1, 0.15) is 11.1 Å². The second-order valence-electron chi connectivity index (χ2n) is 5.94. The molecule has 0 radical (unpaired) electrons. The first-order chi connectivity index (χ1) is 13.5. The van der Waals surface area contributed by atoms with Crippen LogP contribution in [0, 0.1) is 5.82 Å². The molecule has 1 N–H and O–H groups in total. The lowest BCUT2D eigenvalue weighted by Gasteiger charge is -2.18. The number of methoxy groups -OCH3 is 1. The van der Waals surface area contributed by atoms with Crippen LogP contribution in [-0.4, -0.2) is 7.11 Å². The molecule has 0 aromatic heterocycles. The fourth-order valence-corrected chi connectivity index (χ4v) is 3.41. The molecule has 28 heavy (non-hydrogen) atoms. The van der Waals surface area contributed by atoms with Crippen LogP contribution in [-0.2, 0) is 13.2 Å². The minimum atomic E-state index is -0.387. The minimum Gasteiger partial charge on any atom is -0.493 e. The summed E-state index contributed by atoms with van der Waals surface area (Å²) in [6, 6.07) is 15.4. The largest absolute Gasteiger partial charge is 0.493 e. The SMILES string of the molecule is COc1ccc(Br)c(CNc2ccc(Cl)cc2)c1OCc1ccc(F)cc1Cl. The standard InChI is InChI=1S/C21H17BrCl2FNO2/c1-27-20-9-8-18(22)17(11-26-16-6-3-14(23)4-7-16)21(20)28-12-13-2-5-15(25)10-19(13)24/h2-10,26H,11-12H2,1H3. The second kappa shape index (κ2) is 9.50. The van der Waals surface area contributed by atoms with Crippen molar-refractivity contribution in [3.63, 3.8) is 0 Å². The molecule has 0 aliphatic heterocycles. The summed E-state index contributed by atoms with van der Waals surface area (Å²) in [6.07, 6.45) is 0. The Labute approximate surface area is 181 Å². The van der Waals surface area contributed by atoms with E-state index in [2.05, 4.69) is 21.2 Å². The molecule has 0 heterocycles. The lowest BCUT2D eigenvalue weighted by molar-refractivity contribution is 0.281. The summed E-state index contributed by atoms with van der Waals surface area (Å²) < 4.78 is 25.6. The molecular weight excluding hydrogens is 468 g/mol. The van der Waals surface area contributed by atoms with E-state index in [1.165, 1.54) is 12.1 Å². The number of rotatable bonds is 7. The van der Waals surface area contributed by atoms with Gasteiger partial charge in [-0.25, -0.2) is 4.39 Å². The van der Waals surface area contributed by atoms with E-state index in [1.807, 2.05) is 36.4 Å². The van der Waals surface area contributed by atoms with Gasteiger partial charge in [-0.2, -0.15) is 0 Å². The molecule has 3 aromatic rings. The summed E-state index contributed by atoms with van der Waals surface area (Å²) in [5, 5.41) is 4.33. The molecule has 3 aromatic carbocycles. The molecule has 0 aliphatic carbocycles. The van der Waals surface area contributed by atoms with E-state index in [1.54, 1.807) is 13.2 Å². The van der Waals surface area contributed by atoms with E-state index in [4.69, 9.17) is 32.7 Å². The zero-order chi connectivity index (χ0) is 20.1. The van der Waals surface area contributed by atoms with Gasteiger partial charge in [0.25, 0.3) is 0 Å². The lowest BCUT2D eigenvalue weighted by atomic mass is 10.1. The Balaban J connectivity index is 1.83. The van der Waals surface area contributed by atoms with Crippen LogP contribution in [0.5, 0.6) is 11.5 Å². The summed E-state index contributed by atoms with van der Waals surface area (Å²) in [5.41, 5.74) is 2.49. The van der Waals surface area contributed by atoms with E-state index in [-0.39, 0.29) is 12.4 Å². The van der Waals surface area contributed by atoms with Crippen LogP contribution >= 0.6 is 39.1 Å². The Morgan fingerprint density at radius 1 is 1.04 bits per heavy atom. The van der Waals surface area contributed by atoms with Gasteiger partial charge in [-0.3, -0.25) is 0 Å². The van der Waals surface area contributed by atoms with Crippen molar-refractivity contribution >= 4 is 44.8 Å². The Morgan fingerprint density at radius 2 is 1.79 bits per heavy atom. The minimum absolute atomic E-state index is 0.180. The third kappa shape index (κ3) is 5.10. The molecule has 0 saturated heterocycles. The topological polar surface area (TPSA) is 30.5 Å². The summed E-state index contributed by atoms with van der Waals surface area (Å²) in [5.74, 6) is 0.787. The van der Waals surface area contributed by atoms with E-state index in [0.717, 1.165) is 15.7 Å². The maximum atomic E-state index is 13.3. The van der Waals surface area contributed by atoms with Crippen LogP contribution in [0.2, 0.25) is 10.0 Å². The van der Waals surface area contributed by atoms with Crippen LogP contribution in [0.3, 0.4) is 0 Å². The molecule has 7 heteroatoms. The van der Waals surface area contributed by atoms with Gasteiger partial charge in [-0.1, -0.05) is 45.2 Å². The summed E-state index contributed by atoms with van der Waals surface area (Å²) in [6.45, 7) is 0.672. The van der Waals surface area contributed by atoms with Crippen molar-refractivity contribution in [1.29, 1.82) is 0 Å². The zero-order valence-electron chi connectivity index (χ0n) is 14.9. The van der Waals surface area contributed by atoms with E-state index >= 15 is 0 Å². The van der Waals surface area contributed by atoms with Crippen LogP contribution < -0.4 is 14.8 Å². The van der Waals surface area contributed by atoms with Gasteiger partial charge >= 0.3 is 0 Å². The average Bonchev–Trinajstić information content (AvgIpc) is 2.68. The van der Waals surface area contributed by atoms with Gasteiger partial charge in [0.05, 0.1) is 12.1 Å². The van der Waals surface area contributed by atoms with Gasteiger partial charge in [0.1, 0.15) is 12.4 Å². The fraction of sp³-hybridized carbons (Fsp3) is 0.143. The molecule has 3 rings (SSSR count). The molecule has 0 unspecified atom stereocenters. The first-order valence-corrected chi connectivity index (χ1v) is 9.94. The normalized spacial score (nSPS) is 10.6. The quantitative estimate of drug-likeness (QED) is 0.388. The van der Waals surface area contributed by atoms with Crippen LogP contribution in [0.25, 0.3) is 0 Å². The fourth-order valence-electron chi connectivity index (χ4n) is 2.61. The van der Waals surface area contributed by atoms with Gasteiger partial charge < -0.3 is 14.8 Å². The number of hydrogen-bond acceptors (Lipinski definition) is 3. The third-order valence-electron chi connectivity index (χ3n) is 4.09. The second-order valence-corrected chi connectivity index (χ2v) is 7.64. The van der Waals surface area contributed by atoms with Crippen LogP contribution in [0.15, 0.2) is 59.1 Å².